The lowest BCUT2D eigenvalue weighted by molar-refractivity contribution is -0.146. The summed E-state index contributed by atoms with van der Waals surface area (Å²) in [5.74, 6) is -1.81. The Hall–Kier alpha value is -3.14. The molecule has 194 valence electrons. The number of rotatable bonds is 5. The molecule has 0 saturated heterocycles. The van der Waals surface area contributed by atoms with Crippen LogP contribution in [0.5, 0.6) is 0 Å². The minimum Gasteiger partial charge on any atom is -0.436 e. The first kappa shape index (κ1) is 25.9. The van der Waals surface area contributed by atoms with Gasteiger partial charge in [0.1, 0.15) is 5.52 Å². The highest BCUT2D eigenvalue weighted by atomic mass is 32.2. The molecule has 0 spiro atoms. The van der Waals surface area contributed by atoms with Crippen molar-refractivity contribution in [3.05, 3.63) is 36.2 Å². The third kappa shape index (κ3) is 4.11. The van der Waals surface area contributed by atoms with E-state index in [1.807, 2.05) is 0 Å². The van der Waals surface area contributed by atoms with Crippen molar-refractivity contribution >= 4 is 41.7 Å². The number of hydrogen-bond donors (Lipinski definition) is 1. The number of oxazole rings is 1. The van der Waals surface area contributed by atoms with Crippen molar-refractivity contribution in [2.24, 2.45) is 0 Å². The third-order valence-corrected chi connectivity index (χ3v) is 8.73. The van der Waals surface area contributed by atoms with Crippen molar-refractivity contribution in [1.82, 2.24) is 14.5 Å². The Kier molecular flexibility index (Phi) is 5.90. The molecule has 0 saturated carbocycles. The zero-order valence-electron chi connectivity index (χ0n) is 18.4. The minimum atomic E-state index is -5.68. The molecule has 2 aromatic heterocycles. The number of imidazole rings is 1. The number of aromatic nitrogens is 3. The molecule has 1 atom stereocenters. The minimum absolute atomic E-state index is 0.0355. The SMILES string of the molecule is CCn1c(C(F)(F)F)nc2cc(-c3nc4cc(S(=O)(=O)C(F)(F)F)ccc4o3)c(S(=N)(=O)CC)cc21. The molecule has 36 heavy (non-hydrogen) atoms. The van der Waals surface area contributed by atoms with Crippen LogP contribution in [0.15, 0.2) is 44.5 Å². The number of halogens is 6. The first-order chi connectivity index (χ1) is 16.5. The molecule has 2 aromatic carbocycles. The van der Waals surface area contributed by atoms with Crippen LogP contribution in [0.2, 0.25) is 0 Å². The van der Waals surface area contributed by atoms with E-state index in [2.05, 4.69) is 9.97 Å². The molecule has 0 amide bonds. The highest BCUT2D eigenvalue weighted by Crippen LogP contribution is 2.38. The van der Waals surface area contributed by atoms with E-state index >= 15 is 0 Å². The molecule has 4 aromatic rings. The second-order valence-corrected chi connectivity index (χ2v) is 11.9. The Balaban J connectivity index is 2.01. The van der Waals surface area contributed by atoms with E-state index in [0.717, 1.165) is 22.8 Å². The summed E-state index contributed by atoms with van der Waals surface area (Å²) in [5.41, 5.74) is -6.36. The summed E-state index contributed by atoms with van der Waals surface area (Å²) in [4.78, 5) is 6.31. The molecule has 0 aliphatic carbocycles. The average molecular weight is 554 g/mol. The van der Waals surface area contributed by atoms with Gasteiger partial charge in [-0.2, -0.15) is 26.3 Å². The van der Waals surface area contributed by atoms with Gasteiger partial charge in [0.15, 0.2) is 5.58 Å². The van der Waals surface area contributed by atoms with Gasteiger partial charge in [0.05, 0.1) is 36.1 Å². The monoisotopic (exact) mass is 554 g/mol. The van der Waals surface area contributed by atoms with E-state index in [-0.39, 0.29) is 50.8 Å². The molecule has 1 unspecified atom stereocenters. The van der Waals surface area contributed by atoms with Gasteiger partial charge in [0.25, 0.3) is 9.84 Å². The Morgan fingerprint density at radius 2 is 1.64 bits per heavy atom. The van der Waals surface area contributed by atoms with Crippen LogP contribution in [0.1, 0.15) is 19.7 Å². The Morgan fingerprint density at radius 3 is 2.19 bits per heavy atom. The molecule has 8 nitrogen and oxygen atoms in total. The van der Waals surface area contributed by atoms with Crippen LogP contribution in [0.25, 0.3) is 33.6 Å². The topological polar surface area (TPSA) is 119 Å². The summed E-state index contributed by atoms with van der Waals surface area (Å²) >= 11 is 0. The summed E-state index contributed by atoms with van der Waals surface area (Å²) < 4.78 is 131. The Morgan fingerprint density at radius 1 is 0.972 bits per heavy atom. The maximum Gasteiger partial charge on any atom is 0.501 e. The number of alkyl halides is 6. The highest BCUT2D eigenvalue weighted by molar-refractivity contribution is 7.92. The van der Waals surface area contributed by atoms with Crippen molar-refractivity contribution in [3.8, 4) is 11.5 Å². The summed E-state index contributed by atoms with van der Waals surface area (Å²) in [6.07, 6.45) is -4.81. The van der Waals surface area contributed by atoms with Crippen LogP contribution in [0, 0.1) is 4.78 Å². The second-order valence-electron chi connectivity index (χ2n) is 7.58. The third-order valence-electron chi connectivity index (χ3n) is 5.39. The lowest BCUT2D eigenvalue weighted by Crippen LogP contribution is -2.23. The fourth-order valence-electron chi connectivity index (χ4n) is 3.61. The zero-order chi connectivity index (χ0) is 26.8. The van der Waals surface area contributed by atoms with Gasteiger partial charge in [-0.15, -0.1) is 0 Å². The number of hydrogen-bond acceptors (Lipinski definition) is 7. The van der Waals surface area contributed by atoms with Crippen molar-refractivity contribution in [3.63, 3.8) is 0 Å². The van der Waals surface area contributed by atoms with Gasteiger partial charge in [0.2, 0.25) is 11.7 Å². The fourth-order valence-corrected chi connectivity index (χ4v) is 5.50. The quantitative estimate of drug-likeness (QED) is 0.321. The van der Waals surface area contributed by atoms with Crippen LogP contribution in [-0.4, -0.2) is 38.4 Å². The number of nitrogens with zero attached hydrogens (tertiary/aromatic N) is 3. The maximum absolute atomic E-state index is 13.5. The van der Waals surface area contributed by atoms with Gasteiger partial charge < -0.3 is 8.98 Å². The number of sulfone groups is 1. The number of fused-ring (bicyclic) bond motifs is 2. The number of aryl methyl sites for hydroxylation is 1. The van der Waals surface area contributed by atoms with E-state index in [4.69, 9.17) is 9.20 Å². The standard InChI is InChI=1S/C20H16F6N4O4S2/c1-3-30-14-9-16(35(27,31)4-2)11(8-12(14)29-18(30)19(21,22)23)17-28-13-7-10(5-6-15(13)34-17)36(32,33)20(24,25)26/h5-9,27H,3-4H2,1-2H3. The second kappa shape index (κ2) is 8.19. The predicted molar refractivity (Wildman–Crippen MR) is 116 cm³/mol. The number of nitrogens with one attached hydrogen (secondary N) is 1. The van der Waals surface area contributed by atoms with Crippen molar-refractivity contribution in [1.29, 1.82) is 4.78 Å². The zero-order valence-corrected chi connectivity index (χ0v) is 20.0. The van der Waals surface area contributed by atoms with E-state index in [0.29, 0.717) is 12.1 Å². The van der Waals surface area contributed by atoms with Gasteiger partial charge in [-0.25, -0.2) is 27.4 Å². The molecule has 4 rings (SSSR count). The molecule has 16 heteroatoms. The largest absolute Gasteiger partial charge is 0.501 e. The Bertz CT molecular complexity index is 1720. The van der Waals surface area contributed by atoms with Crippen LogP contribution >= 0.6 is 0 Å². The summed E-state index contributed by atoms with van der Waals surface area (Å²) in [5, 5.41) is 0. The van der Waals surface area contributed by atoms with Crippen molar-refractivity contribution in [2.75, 3.05) is 5.75 Å². The summed E-state index contributed by atoms with van der Waals surface area (Å²) in [7, 11) is -9.26. The van der Waals surface area contributed by atoms with E-state index in [1.165, 1.54) is 13.8 Å². The molecule has 0 aliphatic heterocycles. The lowest BCUT2D eigenvalue weighted by atomic mass is 10.2. The first-order valence-electron chi connectivity index (χ1n) is 10.1. The average Bonchev–Trinajstić information content (AvgIpc) is 3.37. The molecule has 0 radical (unpaired) electrons. The van der Waals surface area contributed by atoms with Crippen LogP contribution in [-0.2, 0) is 32.3 Å². The number of benzene rings is 2. The molecule has 0 aliphatic rings. The Labute approximate surface area is 199 Å². The predicted octanol–water partition coefficient (Wildman–Crippen LogP) is 5.60. The van der Waals surface area contributed by atoms with Gasteiger partial charge in [0, 0.05) is 12.3 Å². The first-order valence-corrected chi connectivity index (χ1v) is 13.3. The molecular weight excluding hydrogens is 538 g/mol. The summed E-state index contributed by atoms with van der Waals surface area (Å²) in [6, 6.07) is 4.48. The van der Waals surface area contributed by atoms with E-state index in [1.54, 1.807) is 0 Å². The molecule has 2 heterocycles. The van der Waals surface area contributed by atoms with Gasteiger partial charge in [-0.05, 0) is 37.3 Å². The van der Waals surface area contributed by atoms with Gasteiger partial charge >= 0.3 is 11.7 Å². The van der Waals surface area contributed by atoms with Crippen molar-refractivity contribution in [2.45, 2.75) is 41.9 Å². The smallest absolute Gasteiger partial charge is 0.436 e. The normalized spacial score (nSPS) is 15.0. The van der Waals surface area contributed by atoms with Gasteiger partial charge in [-0.1, -0.05) is 6.92 Å². The van der Waals surface area contributed by atoms with Crippen molar-refractivity contribution < 1.29 is 43.4 Å². The lowest BCUT2D eigenvalue weighted by Gasteiger charge is -2.12. The molecule has 1 N–H and O–H groups in total. The molecular formula is C20H16F6N4O4S2. The molecule has 0 bridgehead atoms. The summed E-state index contributed by atoms with van der Waals surface area (Å²) in [6.45, 7) is 2.76. The fraction of sp³-hybridized carbons (Fsp3) is 0.300. The van der Waals surface area contributed by atoms with E-state index < -0.39 is 42.0 Å². The van der Waals surface area contributed by atoms with E-state index in [9.17, 15) is 39.0 Å². The molecule has 0 fully saturated rings. The maximum atomic E-state index is 13.5. The van der Waals surface area contributed by atoms with Crippen LogP contribution in [0.4, 0.5) is 26.3 Å². The van der Waals surface area contributed by atoms with Crippen LogP contribution in [0.3, 0.4) is 0 Å². The van der Waals surface area contributed by atoms with Gasteiger partial charge in [-0.3, -0.25) is 0 Å². The van der Waals surface area contributed by atoms with Crippen LogP contribution < -0.4 is 0 Å². The highest BCUT2D eigenvalue weighted by Gasteiger charge is 2.47.